The topological polar surface area (TPSA) is 18.8 Å². The normalized spacial score (nSPS) is 19.7. The molecule has 0 aromatic heterocycles. The summed E-state index contributed by atoms with van der Waals surface area (Å²) < 4.78 is 13.0. The van der Waals surface area contributed by atoms with E-state index < -0.39 is 0 Å². The molecule has 0 N–H and O–H groups in total. The summed E-state index contributed by atoms with van der Waals surface area (Å²) in [5.41, 5.74) is 3.07. The van der Waals surface area contributed by atoms with Gasteiger partial charge in [-0.1, -0.05) is 6.58 Å². The van der Waals surface area contributed by atoms with Crippen LogP contribution in [0, 0.1) is 0 Å². The molecule has 0 amide bonds. The van der Waals surface area contributed by atoms with Gasteiger partial charge in [-0.25, -0.2) is 4.99 Å². The second-order valence-electron chi connectivity index (χ2n) is 5.48. The first-order chi connectivity index (χ1) is 9.54. The van der Waals surface area contributed by atoms with Gasteiger partial charge in [-0.05, 0) is 45.6 Å². The van der Waals surface area contributed by atoms with E-state index in [4.69, 9.17) is 0 Å². The lowest BCUT2D eigenvalue weighted by Crippen LogP contribution is -2.41. The molecule has 0 saturated carbocycles. The van der Waals surface area contributed by atoms with E-state index in [0.29, 0.717) is 5.03 Å². The van der Waals surface area contributed by atoms with E-state index in [1.54, 1.807) is 6.20 Å². The summed E-state index contributed by atoms with van der Waals surface area (Å²) in [6.07, 6.45) is 5.33. The van der Waals surface area contributed by atoms with E-state index in [2.05, 4.69) is 30.3 Å². The van der Waals surface area contributed by atoms with Gasteiger partial charge in [0.15, 0.2) is 5.84 Å². The van der Waals surface area contributed by atoms with Gasteiger partial charge in [0.1, 0.15) is 17.2 Å². The lowest BCUT2D eigenvalue weighted by Gasteiger charge is -2.37. The van der Waals surface area contributed by atoms with Crippen LogP contribution < -0.4 is 0 Å². The van der Waals surface area contributed by atoms with Crippen LogP contribution in [0.15, 0.2) is 39.8 Å². The van der Waals surface area contributed by atoms with Gasteiger partial charge >= 0.3 is 0 Å². The number of likely N-dealkylation sites (tertiary alicyclic amines) is 1. The Balaban J connectivity index is 2.43. The number of amidine groups is 1. The zero-order valence-corrected chi connectivity index (χ0v) is 13.3. The van der Waals surface area contributed by atoms with Gasteiger partial charge < -0.3 is 9.80 Å². The van der Waals surface area contributed by atoms with Crippen LogP contribution in [0.1, 0.15) is 40.0 Å². The first-order valence-electron chi connectivity index (χ1n) is 7.01. The predicted octanol–water partition coefficient (Wildman–Crippen LogP) is 4.43. The highest BCUT2D eigenvalue weighted by atomic mass is 32.2. The number of allylic oxidation sites excluding steroid dienone is 2. The van der Waals surface area contributed by atoms with Crippen LogP contribution in [0.25, 0.3) is 0 Å². The van der Waals surface area contributed by atoms with E-state index in [1.807, 2.05) is 11.8 Å². The van der Waals surface area contributed by atoms with Crippen LogP contribution in [0.3, 0.4) is 0 Å². The fourth-order valence-corrected chi connectivity index (χ4v) is 2.86. The molecule has 2 heterocycles. The van der Waals surface area contributed by atoms with E-state index in [9.17, 15) is 3.89 Å². The fourth-order valence-electron chi connectivity index (χ4n) is 2.60. The number of rotatable bonds is 2. The number of piperidine rings is 1. The van der Waals surface area contributed by atoms with E-state index in [1.165, 1.54) is 19.3 Å². The fraction of sp³-hybridized carbons (Fsp3) is 0.533. The molecular formula is C15H22FN3S. The molecule has 0 bridgehead atoms. The summed E-state index contributed by atoms with van der Waals surface area (Å²) in [7, 11) is 0. The molecule has 0 radical (unpaired) electrons. The number of hydrogen-bond acceptors (Lipinski definition) is 4. The van der Waals surface area contributed by atoms with Crippen LogP contribution in [-0.4, -0.2) is 28.7 Å². The Hall–Kier alpha value is -1.23. The summed E-state index contributed by atoms with van der Waals surface area (Å²) >= 11 is 0.190. The summed E-state index contributed by atoms with van der Waals surface area (Å²) in [4.78, 5) is 8.73. The lowest BCUT2D eigenvalue weighted by atomic mass is 10.1. The number of aliphatic imine (C=N–C) groups is 1. The second kappa shape index (κ2) is 6.48. The predicted molar refractivity (Wildman–Crippen MR) is 84.7 cm³/mol. The van der Waals surface area contributed by atoms with Gasteiger partial charge in [0, 0.05) is 25.0 Å². The molecule has 0 aliphatic carbocycles. The minimum Gasteiger partial charge on any atom is -0.355 e. The average molecular weight is 295 g/mol. The maximum Gasteiger partial charge on any atom is 0.154 e. The molecule has 20 heavy (non-hydrogen) atoms. The Morgan fingerprint density at radius 1 is 1.25 bits per heavy atom. The number of halogens is 1. The quantitative estimate of drug-likeness (QED) is 0.751. The highest BCUT2D eigenvalue weighted by Crippen LogP contribution is 2.31. The molecule has 0 spiro atoms. The smallest absolute Gasteiger partial charge is 0.154 e. The Bertz CT molecular complexity index is 483. The minimum absolute atomic E-state index is 0.190. The minimum atomic E-state index is 0.190. The van der Waals surface area contributed by atoms with Crippen LogP contribution >= 0.6 is 12.1 Å². The van der Waals surface area contributed by atoms with Crippen molar-refractivity contribution >= 4 is 18.0 Å². The van der Waals surface area contributed by atoms with Gasteiger partial charge in [-0.2, -0.15) is 3.89 Å². The monoisotopic (exact) mass is 295 g/mol. The molecular weight excluding hydrogens is 273 g/mol. The van der Waals surface area contributed by atoms with Crippen molar-refractivity contribution in [3.63, 3.8) is 0 Å². The van der Waals surface area contributed by atoms with Crippen molar-refractivity contribution in [1.29, 1.82) is 0 Å². The Labute approximate surface area is 125 Å². The van der Waals surface area contributed by atoms with Crippen molar-refractivity contribution < 1.29 is 3.89 Å². The highest BCUT2D eigenvalue weighted by molar-refractivity contribution is 7.98. The standard InChI is InChI=1S/C15H22FN3S/c1-11(2)14-15(18-8-6-5-7-9-18)17-13(20-16)10-19(14)12(3)4/h10H,3,5-9H2,1-2,4H3. The first-order valence-corrected chi connectivity index (χ1v) is 7.73. The number of nitrogens with zero attached hydrogens (tertiary/aromatic N) is 3. The molecule has 3 nitrogen and oxygen atoms in total. The van der Waals surface area contributed by atoms with Crippen molar-refractivity contribution in [2.24, 2.45) is 4.99 Å². The third kappa shape index (κ3) is 3.08. The summed E-state index contributed by atoms with van der Waals surface area (Å²) in [5.74, 6) is 0.885. The molecule has 0 unspecified atom stereocenters. The van der Waals surface area contributed by atoms with Crippen molar-refractivity contribution in [2.75, 3.05) is 13.1 Å². The molecule has 2 aliphatic heterocycles. The van der Waals surface area contributed by atoms with Crippen LogP contribution in [0.4, 0.5) is 3.89 Å². The van der Waals surface area contributed by atoms with Crippen LogP contribution in [0.5, 0.6) is 0 Å². The third-order valence-corrected chi connectivity index (χ3v) is 3.88. The zero-order chi connectivity index (χ0) is 14.7. The molecule has 0 aromatic rings. The van der Waals surface area contributed by atoms with Gasteiger partial charge in [-0.3, -0.25) is 0 Å². The average Bonchev–Trinajstić information content (AvgIpc) is 2.46. The molecule has 2 aliphatic rings. The SMILES string of the molecule is C=C(C)N1C=C(SF)N=C(N2CCCCC2)C1=C(C)C. The van der Waals surface area contributed by atoms with Crippen LogP contribution in [0.2, 0.25) is 0 Å². The number of hydrogen-bond donors (Lipinski definition) is 0. The largest absolute Gasteiger partial charge is 0.355 e. The maximum atomic E-state index is 13.0. The maximum absolute atomic E-state index is 13.0. The van der Waals surface area contributed by atoms with Gasteiger partial charge in [0.2, 0.25) is 0 Å². The zero-order valence-electron chi connectivity index (χ0n) is 12.4. The van der Waals surface area contributed by atoms with Crippen LogP contribution in [-0.2, 0) is 0 Å². The van der Waals surface area contributed by atoms with E-state index in [-0.39, 0.29) is 12.1 Å². The summed E-state index contributed by atoms with van der Waals surface area (Å²) in [6.45, 7) is 12.0. The van der Waals surface area contributed by atoms with E-state index in [0.717, 1.165) is 35.9 Å². The Morgan fingerprint density at radius 3 is 2.40 bits per heavy atom. The van der Waals surface area contributed by atoms with Gasteiger partial charge in [0.25, 0.3) is 0 Å². The Morgan fingerprint density at radius 2 is 1.90 bits per heavy atom. The van der Waals surface area contributed by atoms with Gasteiger partial charge in [-0.15, -0.1) is 0 Å². The van der Waals surface area contributed by atoms with Crippen molar-refractivity contribution in [3.05, 3.63) is 34.8 Å². The molecule has 2 rings (SSSR count). The second-order valence-corrected chi connectivity index (χ2v) is 6.05. The molecule has 1 fully saturated rings. The summed E-state index contributed by atoms with van der Waals surface area (Å²) in [6, 6.07) is 0. The van der Waals surface area contributed by atoms with Gasteiger partial charge in [0.05, 0.1) is 5.70 Å². The molecule has 0 aromatic carbocycles. The van der Waals surface area contributed by atoms with E-state index >= 15 is 0 Å². The molecule has 5 heteroatoms. The van der Waals surface area contributed by atoms with Crippen molar-refractivity contribution in [1.82, 2.24) is 9.80 Å². The molecule has 1 saturated heterocycles. The molecule has 110 valence electrons. The molecule has 0 atom stereocenters. The lowest BCUT2D eigenvalue weighted by molar-refractivity contribution is 0.335. The summed E-state index contributed by atoms with van der Waals surface area (Å²) in [5, 5.41) is 0.388. The first kappa shape index (κ1) is 15.2. The Kier molecular flexibility index (Phi) is 4.91. The van der Waals surface area contributed by atoms with Crippen molar-refractivity contribution in [3.8, 4) is 0 Å². The van der Waals surface area contributed by atoms with Crippen molar-refractivity contribution in [2.45, 2.75) is 40.0 Å². The third-order valence-electron chi connectivity index (χ3n) is 3.53. The highest BCUT2D eigenvalue weighted by Gasteiger charge is 2.27.